The van der Waals surface area contributed by atoms with Crippen LogP contribution in [0.3, 0.4) is 0 Å². The van der Waals surface area contributed by atoms with Gasteiger partial charge in [-0.2, -0.15) is 0 Å². The molecule has 0 spiro atoms. The number of nitrogens with zero attached hydrogens (tertiary/aromatic N) is 6. The van der Waals surface area contributed by atoms with Crippen molar-refractivity contribution in [2.75, 3.05) is 9.80 Å². The van der Waals surface area contributed by atoms with Crippen LogP contribution in [0.4, 0.5) is 34.1 Å². The van der Waals surface area contributed by atoms with Gasteiger partial charge in [-0.25, -0.2) is 9.97 Å². The van der Waals surface area contributed by atoms with E-state index in [1.54, 1.807) is 0 Å². The van der Waals surface area contributed by atoms with Gasteiger partial charge in [0, 0.05) is 99.7 Å². The number of fused-ring (bicyclic) bond motifs is 12. The smallest absolute Gasteiger partial charge is 0.227 e. The van der Waals surface area contributed by atoms with Gasteiger partial charge in [0.1, 0.15) is 11.0 Å². The van der Waals surface area contributed by atoms with Crippen LogP contribution in [0.5, 0.6) is 0 Å². The van der Waals surface area contributed by atoms with Crippen LogP contribution in [0.2, 0.25) is 0 Å². The van der Waals surface area contributed by atoms with E-state index in [9.17, 15) is 0 Å². The summed E-state index contributed by atoms with van der Waals surface area (Å²) in [6.07, 6.45) is 0. The van der Waals surface area contributed by atoms with Crippen molar-refractivity contribution < 1.29 is 8.83 Å². The first kappa shape index (κ1) is 58.3. The molecule has 8 heteroatoms. The van der Waals surface area contributed by atoms with Crippen LogP contribution < -0.4 is 9.80 Å². The van der Waals surface area contributed by atoms with Crippen LogP contribution in [0, 0.1) is 0 Å². The van der Waals surface area contributed by atoms with Gasteiger partial charge in [0.2, 0.25) is 11.8 Å². The number of para-hydroxylation sites is 6. The number of hydrogen-bond donors (Lipinski definition) is 0. The van der Waals surface area contributed by atoms with E-state index in [-0.39, 0.29) is 0 Å². The number of aromatic nitrogens is 4. The zero-order valence-corrected chi connectivity index (χ0v) is 55.1. The number of oxazole rings is 2. The summed E-state index contributed by atoms with van der Waals surface area (Å²) in [6, 6.07) is 130. The van der Waals surface area contributed by atoms with E-state index < -0.39 is 0 Å². The highest BCUT2D eigenvalue weighted by molar-refractivity contribution is 6.18. The molecule has 8 nitrogen and oxygen atoms in total. The molecular weight excluding hydrogens is 1250 g/mol. The van der Waals surface area contributed by atoms with Crippen LogP contribution in [0.1, 0.15) is 0 Å². The minimum atomic E-state index is 0.541. The maximum absolute atomic E-state index is 7.03. The molecule has 0 saturated carbocycles. The molecule has 20 aromatic rings. The normalized spacial score (nSPS) is 11.7. The molecule has 0 aliphatic heterocycles. The van der Waals surface area contributed by atoms with Gasteiger partial charge in [-0.15, -0.1) is 0 Å². The zero-order valence-electron chi connectivity index (χ0n) is 55.1. The van der Waals surface area contributed by atoms with Crippen molar-refractivity contribution >= 4 is 121 Å². The van der Waals surface area contributed by atoms with E-state index in [4.69, 9.17) is 18.8 Å². The van der Waals surface area contributed by atoms with Crippen LogP contribution in [0.25, 0.3) is 155 Å². The summed E-state index contributed by atoms with van der Waals surface area (Å²) in [5.74, 6) is 1.12. The highest BCUT2D eigenvalue weighted by Crippen LogP contribution is 2.51. The van der Waals surface area contributed by atoms with Crippen molar-refractivity contribution in [3.8, 4) is 67.7 Å². The Kier molecular flexibility index (Phi) is 13.7. The second-order valence-electron chi connectivity index (χ2n) is 26.0. The van der Waals surface area contributed by atoms with E-state index >= 15 is 0 Å². The van der Waals surface area contributed by atoms with Gasteiger partial charge in [-0.05, 0) is 126 Å². The summed E-state index contributed by atoms with van der Waals surface area (Å²) in [5.41, 5.74) is 24.1. The lowest BCUT2D eigenvalue weighted by atomic mass is 9.99. The minimum Gasteiger partial charge on any atom is -0.436 e. The van der Waals surface area contributed by atoms with Gasteiger partial charge >= 0.3 is 0 Å². The van der Waals surface area contributed by atoms with Gasteiger partial charge in [-0.1, -0.05) is 249 Å². The Morgan fingerprint density at radius 2 is 0.676 bits per heavy atom. The van der Waals surface area contributed by atoms with E-state index in [0.29, 0.717) is 17.4 Å². The van der Waals surface area contributed by atoms with E-state index in [1.165, 1.54) is 5.39 Å². The van der Waals surface area contributed by atoms with E-state index in [0.717, 1.165) is 166 Å². The molecule has 0 atom stereocenters. The topological polar surface area (TPSA) is 68.4 Å². The summed E-state index contributed by atoms with van der Waals surface area (Å²) >= 11 is 0. The fourth-order valence-electron chi connectivity index (χ4n) is 15.6. The second-order valence-corrected chi connectivity index (χ2v) is 26.0. The summed E-state index contributed by atoms with van der Waals surface area (Å²) in [6.45, 7) is 0. The molecule has 0 fully saturated rings. The molecule has 478 valence electrons. The second kappa shape index (κ2) is 24.0. The minimum absolute atomic E-state index is 0.541. The largest absolute Gasteiger partial charge is 0.436 e. The predicted molar refractivity (Wildman–Crippen MR) is 422 cm³/mol. The molecule has 0 amide bonds. The third kappa shape index (κ3) is 9.60. The van der Waals surface area contributed by atoms with Crippen molar-refractivity contribution in [2.45, 2.75) is 0 Å². The Bertz CT molecular complexity index is 6620. The van der Waals surface area contributed by atoms with Gasteiger partial charge in [-0.3, -0.25) is 0 Å². The molecule has 0 bridgehead atoms. The monoisotopic (exact) mass is 1300 g/mol. The molecule has 4 heterocycles. The van der Waals surface area contributed by atoms with E-state index in [1.807, 2.05) is 30.3 Å². The lowest BCUT2D eigenvalue weighted by Crippen LogP contribution is -2.12. The highest BCUT2D eigenvalue weighted by Gasteiger charge is 2.28. The van der Waals surface area contributed by atoms with Crippen molar-refractivity contribution in [1.82, 2.24) is 19.1 Å². The molecule has 0 unspecified atom stereocenters. The first-order valence-corrected chi connectivity index (χ1v) is 34.5. The lowest BCUT2D eigenvalue weighted by molar-refractivity contribution is 0.620. The molecule has 4 aromatic heterocycles. The molecule has 16 aromatic carbocycles. The quantitative estimate of drug-likeness (QED) is 0.115. The molecule has 20 rings (SSSR count). The van der Waals surface area contributed by atoms with Crippen LogP contribution in [-0.4, -0.2) is 19.1 Å². The van der Waals surface area contributed by atoms with E-state index in [2.05, 4.69) is 353 Å². The average molecular weight is 1310 g/mol. The van der Waals surface area contributed by atoms with Gasteiger partial charge < -0.3 is 27.8 Å². The molecule has 0 aliphatic carbocycles. The Morgan fingerprint density at radius 3 is 1.30 bits per heavy atom. The van der Waals surface area contributed by atoms with Gasteiger partial charge in [0.05, 0.1) is 44.8 Å². The number of hydrogen-bond acceptors (Lipinski definition) is 6. The molecule has 0 radical (unpaired) electrons. The third-order valence-corrected chi connectivity index (χ3v) is 20.1. The summed E-state index contributed by atoms with van der Waals surface area (Å²) in [5, 5.41) is 8.64. The SMILES string of the molecule is c1ccc(-c2nc3c(cc(N(c4ccc5c(c4)c4cccc(-c6ccc(-c7nc8cc(N(c9ccc%10c(c9)c9ccccc9n%10-c9ccccc9)c9ccccc9-c9ccccc9)c9ccccc9c8o7)cc6)c4n5-c4ccccc4)c4ccccc4-c4ccccc4)c4ccccc43)o2)cc1. The third-order valence-electron chi connectivity index (χ3n) is 20.1. The van der Waals surface area contributed by atoms with Crippen molar-refractivity contribution in [3.63, 3.8) is 0 Å². The average Bonchev–Trinajstić information content (AvgIpc) is 0.937. The summed E-state index contributed by atoms with van der Waals surface area (Å²) in [7, 11) is 0. The maximum Gasteiger partial charge on any atom is 0.227 e. The number of benzene rings is 16. The number of anilines is 6. The van der Waals surface area contributed by atoms with Gasteiger partial charge in [0.25, 0.3) is 0 Å². The maximum atomic E-state index is 7.03. The first-order valence-electron chi connectivity index (χ1n) is 34.5. The van der Waals surface area contributed by atoms with Gasteiger partial charge in [0.15, 0.2) is 11.2 Å². The Balaban J connectivity index is 0.730. The fraction of sp³-hybridized carbons (Fsp3) is 0. The Morgan fingerprint density at radius 1 is 0.255 bits per heavy atom. The molecule has 102 heavy (non-hydrogen) atoms. The van der Waals surface area contributed by atoms with Crippen LogP contribution in [0.15, 0.2) is 373 Å². The van der Waals surface area contributed by atoms with Crippen molar-refractivity contribution in [1.29, 1.82) is 0 Å². The van der Waals surface area contributed by atoms with Crippen LogP contribution in [-0.2, 0) is 0 Å². The molecular formula is C94H60N6O2. The van der Waals surface area contributed by atoms with Crippen LogP contribution >= 0.6 is 0 Å². The molecule has 0 aliphatic rings. The zero-order chi connectivity index (χ0) is 67.2. The lowest BCUT2D eigenvalue weighted by Gasteiger charge is -2.29. The Hall–Kier alpha value is -13.8. The first-order chi connectivity index (χ1) is 50.6. The fourth-order valence-corrected chi connectivity index (χ4v) is 15.6. The summed E-state index contributed by atoms with van der Waals surface area (Å²) in [4.78, 5) is 15.4. The molecule has 0 saturated heterocycles. The Labute approximate surface area is 587 Å². The summed E-state index contributed by atoms with van der Waals surface area (Å²) < 4.78 is 18.6. The number of rotatable bonds is 13. The van der Waals surface area contributed by atoms with Crippen molar-refractivity contribution in [3.05, 3.63) is 364 Å². The predicted octanol–water partition coefficient (Wildman–Crippen LogP) is 25.7. The highest BCUT2D eigenvalue weighted by atomic mass is 16.4. The molecule has 0 N–H and O–H groups in total. The standard InChI is InChI=1S/C94H60N6O2/c1-6-27-61(28-7-1)70-37-20-23-46-82(70)98(68-53-55-85-79(57-68)75-41-22-25-48-84(75)97(85)66-33-12-4-13-34-66)87-59-81-92(78-43-19-17-40-74(78)87)102-93(95-81)65-51-49-63(50-52-65)72-44-26-45-77-80-58-69(54-56-86(80)100(91(72)77)67-35-14-5-15-36-67)99(83-47-24-21-38-71(83)62-29-8-2-9-30-62)88-60-89-90(76-42-18-16-39-73(76)88)96-94(101-89)64-31-10-3-11-32-64/h1-60H. The van der Waals surface area contributed by atoms with Crippen molar-refractivity contribution in [2.24, 2.45) is 0 Å².